The molecule has 7 atom stereocenters. The first-order chi connectivity index (χ1) is 47.8. The van der Waals surface area contributed by atoms with Crippen molar-refractivity contribution in [3.05, 3.63) is 24.3 Å². The van der Waals surface area contributed by atoms with Gasteiger partial charge in [0, 0.05) is 25.7 Å². The number of esters is 4. The summed E-state index contributed by atoms with van der Waals surface area (Å²) in [6.45, 7) is 11.9. The summed E-state index contributed by atoms with van der Waals surface area (Å²) in [6, 6.07) is 0. The molecule has 0 radical (unpaired) electrons. The highest BCUT2D eigenvalue weighted by Crippen LogP contribution is 2.45. The van der Waals surface area contributed by atoms with E-state index in [0.29, 0.717) is 31.6 Å². The van der Waals surface area contributed by atoms with Crippen molar-refractivity contribution in [1.82, 2.24) is 0 Å². The number of hydrogen-bond acceptors (Lipinski definition) is 15. The summed E-state index contributed by atoms with van der Waals surface area (Å²) in [5.74, 6) is 0.196. The molecule has 0 bridgehead atoms. The van der Waals surface area contributed by atoms with Gasteiger partial charge in [0.05, 0.1) is 26.4 Å². The van der Waals surface area contributed by atoms with Crippen molar-refractivity contribution in [2.45, 2.75) is 407 Å². The Kier molecular flexibility index (Phi) is 68.1. The molecule has 0 aromatic rings. The summed E-state index contributed by atoms with van der Waals surface area (Å²) < 4.78 is 68.6. The molecule has 17 nitrogen and oxygen atoms in total. The van der Waals surface area contributed by atoms with Crippen LogP contribution in [0, 0.1) is 17.8 Å². The molecular formula is C80H152O17P2. The molecular weight excluding hydrogens is 1290 g/mol. The van der Waals surface area contributed by atoms with Crippen molar-refractivity contribution < 1.29 is 80.2 Å². The average molecular weight is 1450 g/mol. The molecule has 0 saturated carbocycles. The third kappa shape index (κ3) is 71.0. The molecule has 0 aliphatic carbocycles. The summed E-state index contributed by atoms with van der Waals surface area (Å²) in [4.78, 5) is 72.9. The maximum atomic E-state index is 13.1. The quantitative estimate of drug-likeness (QED) is 0.0169. The summed E-state index contributed by atoms with van der Waals surface area (Å²) in [5, 5.41) is 10.6. The largest absolute Gasteiger partial charge is 0.472 e. The van der Waals surface area contributed by atoms with E-state index in [1.54, 1.807) is 0 Å². The van der Waals surface area contributed by atoms with Gasteiger partial charge in [-0.25, -0.2) is 9.13 Å². The van der Waals surface area contributed by atoms with E-state index in [2.05, 4.69) is 72.8 Å². The van der Waals surface area contributed by atoms with E-state index in [9.17, 15) is 43.2 Å². The molecule has 5 unspecified atom stereocenters. The zero-order valence-corrected chi connectivity index (χ0v) is 66.2. The van der Waals surface area contributed by atoms with Crippen LogP contribution in [0.3, 0.4) is 0 Å². The molecule has 0 rings (SSSR count). The van der Waals surface area contributed by atoms with Crippen molar-refractivity contribution in [2.75, 3.05) is 39.6 Å². The van der Waals surface area contributed by atoms with Gasteiger partial charge in [0.15, 0.2) is 12.2 Å². The topological polar surface area (TPSA) is 237 Å². The molecule has 584 valence electrons. The molecule has 0 fully saturated rings. The molecule has 99 heavy (non-hydrogen) atoms. The van der Waals surface area contributed by atoms with Crippen LogP contribution in [0.25, 0.3) is 0 Å². The van der Waals surface area contributed by atoms with Crippen molar-refractivity contribution >= 4 is 39.5 Å². The predicted molar refractivity (Wildman–Crippen MR) is 404 cm³/mol. The molecule has 3 N–H and O–H groups in total. The van der Waals surface area contributed by atoms with Crippen LogP contribution in [-0.4, -0.2) is 96.7 Å². The Labute approximate surface area is 605 Å². The Hall–Kier alpha value is -2.46. The molecule has 0 saturated heterocycles. The van der Waals surface area contributed by atoms with E-state index in [1.807, 2.05) is 0 Å². The second kappa shape index (κ2) is 69.9. The number of carbonyl (C=O) groups excluding carboxylic acids is 4. The minimum absolute atomic E-state index is 0.0851. The van der Waals surface area contributed by atoms with Crippen molar-refractivity contribution in [3.63, 3.8) is 0 Å². The van der Waals surface area contributed by atoms with Crippen LogP contribution in [0.1, 0.15) is 389 Å². The minimum Gasteiger partial charge on any atom is -0.462 e. The van der Waals surface area contributed by atoms with Gasteiger partial charge < -0.3 is 33.8 Å². The van der Waals surface area contributed by atoms with E-state index in [0.717, 1.165) is 121 Å². The number of aliphatic hydroxyl groups excluding tert-OH is 1. The van der Waals surface area contributed by atoms with E-state index in [4.69, 9.17) is 37.0 Å². The van der Waals surface area contributed by atoms with Gasteiger partial charge in [0.1, 0.15) is 19.3 Å². The lowest BCUT2D eigenvalue weighted by atomic mass is 9.99. The van der Waals surface area contributed by atoms with Gasteiger partial charge >= 0.3 is 39.5 Å². The minimum atomic E-state index is -4.97. The Morgan fingerprint density at radius 1 is 0.333 bits per heavy atom. The van der Waals surface area contributed by atoms with Crippen molar-refractivity contribution in [1.29, 1.82) is 0 Å². The van der Waals surface area contributed by atoms with Crippen molar-refractivity contribution in [2.24, 2.45) is 17.8 Å². The molecule has 0 aromatic carbocycles. The SMILES string of the molecule is CCCCCC/C=C\C=C/CCCCCCCC(=O)O[C@H](COC(=O)CCCCCCCCCCCCCCCCCCCCC(C)CC)COP(=O)(O)OCC(O)COP(=O)(O)OC[C@@H](COC(=O)CCCCCCCCCC(C)C)OC(=O)CCCCCCCCCCC(C)CC. The Bertz CT molecular complexity index is 2020. The maximum absolute atomic E-state index is 13.1. The Morgan fingerprint density at radius 3 is 0.899 bits per heavy atom. The summed E-state index contributed by atoms with van der Waals surface area (Å²) in [6.07, 6.45) is 60.6. The standard InChI is InChI=1S/C80H152O17P2/c1-8-11-12-13-14-15-16-17-22-27-30-33-41-49-56-63-79(84)96-75(67-90-77(82)61-54-47-40-32-29-26-24-21-19-18-20-23-25-28-31-38-45-52-59-72(6)9-2)69-94-98(86,87)92-65-74(81)66-93-99(88,89)95-70-76(68-91-78(83)62-55-48-43-36-37-44-51-58-71(4)5)97-80(85)64-57-50-42-35-34-39-46-53-60-73(7)10-3/h15-17,22,71-76,81H,8-14,18-21,23-70H2,1-7H3,(H,86,87)(H,88,89)/b16-15-,22-17-/t72?,73?,74?,75-,76-/m1/s1. The molecule has 0 amide bonds. The number of hydrogen-bond donors (Lipinski definition) is 3. The number of unbranched alkanes of at least 4 members (excludes halogenated alkanes) is 39. The summed E-state index contributed by atoms with van der Waals surface area (Å²) in [5.41, 5.74) is 0. The average Bonchev–Trinajstić information content (AvgIpc) is 1.03. The highest BCUT2D eigenvalue weighted by Gasteiger charge is 2.30. The van der Waals surface area contributed by atoms with E-state index < -0.39 is 97.5 Å². The van der Waals surface area contributed by atoms with Gasteiger partial charge in [-0.05, 0) is 69.1 Å². The van der Waals surface area contributed by atoms with Crippen LogP contribution < -0.4 is 0 Å². The smallest absolute Gasteiger partial charge is 0.462 e. The molecule has 0 heterocycles. The van der Waals surface area contributed by atoms with Gasteiger partial charge in [-0.3, -0.25) is 37.3 Å². The predicted octanol–water partition coefficient (Wildman–Crippen LogP) is 23.3. The monoisotopic (exact) mass is 1450 g/mol. The molecule has 0 aliphatic heterocycles. The Morgan fingerprint density at radius 2 is 0.596 bits per heavy atom. The fourth-order valence-corrected chi connectivity index (χ4v) is 13.3. The normalized spacial score (nSPS) is 14.7. The van der Waals surface area contributed by atoms with E-state index in [-0.39, 0.29) is 25.7 Å². The van der Waals surface area contributed by atoms with Gasteiger partial charge in [0.25, 0.3) is 0 Å². The first-order valence-corrected chi connectivity index (χ1v) is 43.7. The van der Waals surface area contributed by atoms with Crippen LogP contribution in [0.4, 0.5) is 0 Å². The van der Waals surface area contributed by atoms with E-state index >= 15 is 0 Å². The zero-order chi connectivity index (χ0) is 73.0. The second-order valence-corrected chi connectivity index (χ2v) is 32.0. The lowest BCUT2D eigenvalue weighted by Gasteiger charge is -2.21. The summed E-state index contributed by atoms with van der Waals surface area (Å²) >= 11 is 0. The fourth-order valence-electron chi connectivity index (χ4n) is 11.7. The van der Waals surface area contributed by atoms with Gasteiger partial charge in [0.2, 0.25) is 0 Å². The lowest BCUT2D eigenvalue weighted by Crippen LogP contribution is -2.30. The highest BCUT2D eigenvalue weighted by molar-refractivity contribution is 7.47. The van der Waals surface area contributed by atoms with Crippen LogP contribution in [0.2, 0.25) is 0 Å². The number of rotatable bonds is 76. The van der Waals surface area contributed by atoms with E-state index in [1.165, 1.54) is 180 Å². The third-order valence-corrected chi connectivity index (χ3v) is 20.6. The van der Waals surface area contributed by atoms with Crippen LogP contribution in [0.5, 0.6) is 0 Å². The van der Waals surface area contributed by atoms with Crippen molar-refractivity contribution in [3.8, 4) is 0 Å². The van der Waals surface area contributed by atoms with Crippen LogP contribution in [0.15, 0.2) is 24.3 Å². The number of carbonyl (C=O) groups is 4. The maximum Gasteiger partial charge on any atom is 0.472 e. The number of phosphoric acid groups is 2. The highest BCUT2D eigenvalue weighted by atomic mass is 31.2. The van der Waals surface area contributed by atoms with Crippen LogP contribution >= 0.6 is 15.6 Å². The second-order valence-electron chi connectivity index (χ2n) is 29.1. The zero-order valence-electron chi connectivity index (χ0n) is 64.4. The first-order valence-electron chi connectivity index (χ1n) is 40.7. The van der Waals surface area contributed by atoms with Gasteiger partial charge in [-0.1, -0.05) is 336 Å². The summed E-state index contributed by atoms with van der Waals surface area (Å²) in [7, 11) is -9.93. The number of aliphatic hydroxyl groups is 1. The van der Waals surface area contributed by atoms with Gasteiger partial charge in [-0.15, -0.1) is 0 Å². The first kappa shape index (κ1) is 96.5. The molecule has 0 spiro atoms. The molecule has 0 aliphatic rings. The molecule has 0 aromatic heterocycles. The lowest BCUT2D eigenvalue weighted by molar-refractivity contribution is -0.161. The molecule has 19 heteroatoms. The number of ether oxygens (including phenoxy) is 4. The fraction of sp³-hybridized carbons (Fsp3) is 0.900. The number of phosphoric ester groups is 2. The Balaban J connectivity index is 5.22. The third-order valence-electron chi connectivity index (χ3n) is 18.7. The van der Waals surface area contributed by atoms with Gasteiger partial charge in [-0.2, -0.15) is 0 Å². The van der Waals surface area contributed by atoms with Crippen LogP contribution in [-0.2, 0) is 65.4 Å². The number of allylic oxidation sites excluding steroid dienone is 4.